The average Bonchev–Trinajstić information content (AvgIpc) is 2.60. The Morgan fingerprint density at radius 1 is 1.36 bits per heavy atom. The Hall–Kier alpha value is -1.69. The van der Waals surface area contributed by atoms with E-state index in [1.165, 1.54) is 43.5 Å². The molecule has 25 heavy (non-hydrogen) atoms. The average molecular weight is 354 g/mol. The highest BCUT2D eigenvalue weighted by Gasteiger charge is 2.31. The van der Waals surface area contributed by atoms with Gasteiger partial charge >= 0.3 is 6.61 Å². The Morgan fingerprint density at radius 3 is 2.64 bits per heavy atom. The molecule has 1 aliphatic heterocycles. The van der Waals surface area contributed by atoms with E-state index in [9.17, 15) is 13.6 Å². The van der Waals surface area contributed by atoms with Gasteiger partial charge in [0.15, 0.2) is 0 Å². The molecule has 0 spiro atoms. The first kappa shape index (κ1) is 19.6. The number of ether oxygens (including phenoxy) is 1. The van der Waals surface area contributed by atoms with Crippen LogP contribution in [0, 0.1) is 5.92 Å². The number of carbonyl (C=O) groups is 1. The zero-order valence-corrected chi connectivity index (χ0v) is 15.2. The lowest BCUT2D eigenvalue weighted by Crippen LogP contribution is -2.54. The molecular formula is C19H28F2N2O2. The van der Waals surface area contributed by atoms with Crippen LogP contribution in [0.1, 0.15) is 50.4 Å². The summed E-state index contributed by atoms with van der Waals surface area (Å²) in [6.45, 7) is 6.31. The van der Waals surface area contributed by atoms with E-state index in [0.29, 0.717) is 12.1 Å². The lowest BCUT2D eigenvalue weighted by Gasteiger charge is -2.43. The lowest BCUT2D eigenvalue weighted by molar-refractivity contribution is -0.0498. The van der Waals surface area contributed by atoms with E-state index < -0.39 is 6.61 Å². The molecule has 1 amide bonds. The first-order valence-corrected chi connectivity index (χ1v) is 8.90. The van der Waals surface area contributed by atoms with Crippen molar-refractivity contribution in [3.63, 3.8) is 0 Å². The highest BCUT2D eigenvalue weighted by Crippen LogP contribution is 2.25. The summed E-state index contributed by atoms with van der Waals surface area (Å²) in [5.41, 5.74) is 0.310. The molecule has 1 aromatic carbocycles. The largest absolute Gasteiger partial charge is 0.435 e. The van der Waals surface area contributed by atoms with Gasteiger partial charge in [0, 0.05) is 24.2 Å². The van der Waals surface area contributed by atoms with E-state index in [0.717, 1.165) is 19.0 Å². The molecule has 1 N–H and O–H groups in total. The van der Waals surface area contributed by atoms with Gasteiger partial charge in [-0.3, -0.25) is 9.69 Å². The maximum atomic E-state index is 12.3. The lowest BCUT2D eigenvalue weighted by atomic mass is 9.91. The highest BCUT2D eigenvalue weighted by molar-refractivity contribution is 5.94. The number of halogens is 2. The molecule has 1 heterocycles. The molecule has 0 aliphatic carbocycles. The van der Waals surface area contributed by atoms with Gasteiger partial charge in [-0.05, 0) is 63.4 Å². The van der Waals surface area contributed by atoms with Crippen molar-refractivity contribution in [2.24, 2.45) is 5.92 Å². The third-order valence-corrected chi connectivity index (χ3v) is 4.98. The highest BCUT2D eigenvalue weighted by atomic mass is 19.3. The fourth-order valence-electron chi connectivity index (χ4n) is 3.25. The molecule has 4 nitrogen and oxygen atoms in total. The second-order valence-corrected chi connectivity index (χ2v) is 7.26. The van der Waals surface area contributed by atoms with Crippen molar-refractivity contribution < 1.29 is 18.3 Å². The molecule has 2 rings (SSSR count). The molecule has 0 saturated carbocycles. The zero-order valence-electron chi connectivity index (χ0n) is 15.2. The molecule has 0 aromatic heterocycles. The first-order chi connectivity index (χ1) is 11.8. The summed E-state index contributed by atoms with van der Waals surface area (Å²) in [6, 6.07) is 5.74. The van der Waals surface area contributed by atoms with Crippen molar-refractivity contribution in [3.05, 3.63) is 29.8 Å². The van der Waals surface area contributed by atoms with E-state index in [-0.39, 0.29) is 17.2 Å². The second kappa shape index (κ2) is 8.61. The van der Waals surface area contributed by atoms with Crippen molar-refractivity contribution in [1.82, 2.24) is 10.2 Å². The zero-order chi connectivity index (χ0) is 18.4. The Morgan fingerprint density at radius 2 is 2.04 bits per heavy atom. The quantitative estimate of drug-likeness (QED) is 0.807. The Labute approximate surface area is 148 Å². The van der Waals surface area contributed by atoms with Gasteiger partial charge in [-0.2, -0.15) is 8.78 Å². The van der Waals surface area contributed by atoms with Crippen molar-refractivity contribution in [1.29, 1.82) is 0 Å². The molecule has 140 valence electrons. The molecular weight excluding hydrogens is 326 g/mol. The normalized spacial score (nSPS) is 19.0. The predicted molar refractivity (Wildman–Crippen MR) is 94.1 cm³/mol. The van der Waals surface area contributed by atoms with Crippen LogP contribution in [0.5, 0.6) is 5.75 Å². The van der Waals surface area contributed by atoms with Crippen molar-refractivity contribution in [3.8, 4) is 5.75 Å². The summed E-state index contributed by atoms with van der Waals surface area (Å²) in [4.78, 5) is 14.8. The molecule has 1 atom stereocenters. The summed E-state index contributed by atoms with van der Waals surface area (Å²) in [5, 5.41) is 2.96. The number of piperidine rings is 1. The minimum absolute atomic E-state index is 0.0470. The maximum absolute atomic E-state index is 12.3. The van der Waals surface area contributed by atoms with Crippen molar-refractivity contribution >= 4 is 5.91 Å². The number of nitrogens with zero attached hydrogens (tertiary/aromatic N) is 1. The second-order valence-electron chi connectivity index (χ2n) is 7.26. The van der Waals surface area contributed by atoms with Crippen LogP contribution in [0.3, 0.4) is 0 Å². The summed E-state index contributed by atoms with van der Waals surface area (Å²) in [6.07, 6.45) is 3.66. The van der Waals surface area contributed by atoms with Gasteiger partial charge in [0.1, 0.15) is 5.75 Å². The van der Waals surface area contributed by atoms with Gasteiger partial charge in [0.2, 0.25) is 0 Å². The molecule has 1 unspecified atom stereocenters. The number of likely N-dealkylation sites (tertiary alicyclic amines) is 1. The summed E-state index contributed by atoms with van der Waals surface area (Å²) < 4.78 is 28.6. The topological polar surface area (TPSA) is 41.6 Å². The van der Waals surface area contributed by atoms with Crippen molar-refractivity contribution in [2.75, 3.05) is 19.6 Å². The van der Waals surface area contributed by atoms with E-state index in [1.807, 2.05) is 0 Å². The fraction of sp³-hybridized carbons (Fsp3) is 0.632. The summed E-state index contributed by atoms with van der Waals surface area (Å²) in [7, 11) is 0. The first-order valence-electron chi connectivity index (χ1n) is 8.90. The van der Waals surface area contributed by atoms with E-state index >= 15 is 0 Å². The van der Waals surface area contributed by atoms with Crippen LogP contribution in [0.25, 0.3) is 0 Å². The van der Waals surface area contributed by atoms with Gasteiger partial charge in [0.05, 0.1) is 0 Å². The monoisotopic (exact) mass is 354 g/mol. The van der Waals surface area contributed by atoms with Crippen LogP contribution in [-0.2, 0) is 0 Å². The van der Waals surface area contributed by atoms with Gasteiger partial charge in [-0.25, -0.2) is 0 Å². The predicted octanol–water partition coefficient (Wildman–Crippen LogP) is 3.92. The third kappa shape index (κ3) is 5.66. The number of hydrogen-bond acceptors (Lipinski definition) is 3. The van der Waals surface area contributed by atoms with Gasteiger partial charge < -0.3 is 10.1 Å². The number of hydrogen-bond donors (Lipinski definition) is 1. The van der Waals surface area contributed by atoms with Crippen LogP contribution in [0.2, 0.25) is 0 Å². The number of carbonyl (C=O) groups excluding carboxylic acids is 1. The number of amides is 1. The third-order valence-electron chi connectivity index (χ3n) is 4.98. The maximum Gasteiger partial charge on any atom is 0.387 e. The van der Waals surface area contributed by atoms with E-state index in [1.54, 1.807) is 0 Å². The minimum Gasteiger partial charge on any atom is -0.435 e. The molecule has 1 aromatic rings. The molecule has 1 aliphatic rings. The van der Waals surface area contributed by atoms with E-state index in [2.05, 4.69) is 35.7 Å². The van der Waals surface area contributed by atoms with Crippen LogP contribution < -0.4 is 10.1 Å². The Bertz CT molecular complexity index is 561. The summed E-state index contributed by atoms with van der Waals surface area (Å²) in [5.74, 6) is 0.567. The minimum atomic E-state index is -2.86. The van der Waals surface area contributed by atoms with Gasteiger partial charge in [0.25, 0.3) is 5.91 Å². The van der Waals surface area contributed by atoms with Crippen LogP contribution in [-0.4, -0.2) is 42.6 Å². The summed E-state index contributed by atoms with van der Waals surface area (Å²) >= 11 is 0. The van der Waals surface area contributed by atoms with Crippen molar-refractivity contribution in [2.45, 2.75) is 52.2 Å². The number of benzene rings is 1. The molecule has 6 heteroatoms. The number of rotatable bonds is 7. The standard InChI is InChI=1S/C19H28F2N2O2/c1-4-14-6-5-11-23(12-14)19(2,3)13-22-17(24)15-7-9-16(10-8-15)25-18(20)21/h7-10,14,18H,4-6,11-13H2,1-3H3,(H,22,24). The van der Waals surface area contributed by atoms with Crippen LogP contribution in [0.15, 0.2) is 24.3 Å². The Balaban J connectivity index is 1.89. The molecule has 1 fully saturated rings. The molecule has 0 bridgehead atoms. The number of alkyl halides is 2. The van der Waals surface area contributed by atoms with Crippen LogP contribution in [0.4, 0.5) is 8.78 Å². The Kier molecular flexibility index (Phi) is 6.76. The number of nitrogens with one attached hydrogen (secondary N) is 1. The molecule has 1 saturated heterocycles. The van der Waals surface area contributed by atoms with Gasteiger partial charge in [-0.1, -0.05) is 13.3 Å². The SMILES string of the molecule is CCC1CCCN(C(C)(C)CNC(=O)c2ccc(OC(F)F)cc2)C1. The van der Waals surface area contributed by atoms with E-state index in [4.69, 9.17) is 0 Å². The van der Waals surface area contributed by atoms with Gasteiger partial charge in [-0.15, -0.1) is 0 Å². The molecule has 0 radical (unpaired) electrons. The smallest absolute Gasteiger partial charge is 0.387 e. The fourth-order valence-corrected chi connectivity index (χ4v) is 3.25. The van der Waals surface area contributed by atoms with Crippen LogP contribution >= 0.6 is 0 Å².